The number of nitrogens with zero attached hydrogens (tertiary/aromatic N) is 3. The van der Waals surface area contributed by atoms with Crippen molar-refractivity contribution in [1.82, 2.24) is 15.0 Å². The zero-order valence-corrected chi connectivity index (χ0v) is 28.8. The Morgan fingerprint density at radius 2 is 1.56 bits per heavy atom. The van der Waals surface area contributed by atoms with E-state index in [0.29, 0.717) is 50.5 Å². The van der Waals surface area contributed by atoms with E-state index in [1.165, 1.54) is 15.8 Å². The quantitative estimate of drug-likeness (QED) is 0.138. The first-order valence-electron chi connectivity index (χ1n) is 15.1. The third-order valence-corrected chi connectivity index (χ3v) is 9.49. The lowest BCUT2D eigenvalue weighted by Gasteiger charge is -2.30. The summed E-state index contributed by atoms with van der Waals surface area (Å²) in [4.78, 5) is 25.6. The van der Waals surface area contributed by atoms with Gasteiger partial charge in [0.15, 0.2) is 0 Å². The van der Waals surface area contributed by atoms with E-state index < -0.39 is 0 Å². The number of carbonyl (C=O) groups is 2. The van der Waals surface area contributed by atoms with Gasteiger partial charge in [0.2, 0.25) is 11.8 Å². The smallest absolute Gasteiger partial charge is 0.246 e. The summed E-state index contributed by atoms with van der Waals surface area (Å²) in [6.45, 7) is 13.7. The molecule has 0 atom stereocenters. The number of ether oxygens (including phenoxy) is 1. The second-order valence-corrected chi connectivity index (χ2v) is 13.7. The maximum atomic E-state index is 12.8. The van der Waals surface area contributed by atoms with Crippen LogP contribution in [0.25, 0.3) is 11.0 Å². The molecule has 240 valence electrons. The number of benzene rings is 3. The van der Waals surface area contributed by atoms with Crippen molar-refractivity contribution in [3.8, 4) is 5.75 Å². The van der Waals surface area contributed by atoms with Gasteiger partial charge in [0.1, 0.15) is 17.8 Å². The highest BCUT2D eigenvalue weighted by Gasteiger charge is 2.26. The number of amides is 2. The fourth-order valence-electron chi connectivity index (χ4n) is 4.74. The topological polar surface area (TPSA) is 98.1 Å². The maximum Gasteiger partial charge on any atom is 0.246 e. The van der Waals surface area contributed by atoms with Gasteiger partial charge in [-0.15, -0.1) is 5.10 Å². The van der Waals surface area contributed by atoms with Crippen LogP contribution in [-0.2, 0) is 27.0 Å². The number of hydrogen-bond acceptors (Lipinski definition) is 5. The first-order valence-corrected chi connectivity index (χ1v) is 16.2. The largest absolute Gasteiger partial charge is 0.493 e. The van der Waals surface area contributed by atoms with E-state index >= 15 is 0 Å². The number of aromatic nitrogens is 3. The summed E-state index contributed by atoms with van der Waals surface area (Å²) < 4.78 is 7.64. The van der Waals surface area contributed by atoms with Gasteiger partial charge in [0, 0.05) is 17.7 Å². The van der Waals surface area contributed by atoms with Crippen LogP contribution in [0.2, 0.25) is 15.1 Å². The van der Waals surface area contributed by atoms with Crippen LogP contribution in [-0.4, -0.2) is 33.4 Å². The third kappa shape index (κ3) is 8.48. The van der Waals surface area contributed by atoms with Crippen LogP contribution in [0.15, 0.2) is 48.5 Å². The molecule has 0 radical (unpaired) electrons. The van der Waals surface area contributed by atoms with Crippen molar-refractivity contribution in [3.05, 3.63) is 74.7 Å². The number of hydrogen-bond donors (Lipinski definition) is 2. The van der Waals surface area contributed by atoms with Crippen molar-refractivity contribution in [1.29, 1.82) is 0 Å². The van der Waals surface area contributed by atoms with E-state index in [2.05, 4.69) is 80.7 Å². The molecule has 1 heterocycles. The molecule has 45 heavy (non-hydrogen) atoms. The maximum absolute atomic E-state index is 12.8. The lowest BCUT2D eigenvalue weighted by atomic mass is 9.76. The number of nitrogens with one attached hydrogen (secondary N) is 2. The monoisotopic (exact) mass is 671 g/mol. The Morgan fingerprint density at radius 3 is 2.27 bits per heavy atom. The van der Waals surface area contributed by atoms with E-state index in [4.69, 9.17) is 39.5 Å². The molecule has 2 amide bonds. The van der Waals surface area contributed by atoms with Crippen molar-refractivity contribution in [2.75, 3.05) is 17.2 Å². The van der Waals surface area contributed by atoms with Crippen molar-refractivity contribution in [2.24, 2.45) is 0 Å². The minimum Gasteiger partial charge on any atom is -0.493 e. The predicted octanol–water partition coefficient (Wildman–Crippen LogP) is 9.20. The Labute approximate surface area is 279 Å². The molecule has 0 aliphatic rings. The lowest BCUT2D eigenvalue weighted by molar-refractivity contribution is -0.117. The summed E-state index contributed by atoms with van der Waals surface area (Å²) in [5.74, 6) is 0.311. The molecular formula is C34H40Cl3N5O3. The average Bonchev–Trinajstić information content (AvgIpc) is 3.37. The molecule has 3 aromatic carbocycles. The Bertz CT molecular complexity index is 1700. The van der Waals surface area contributed by atoms with E-state index in [0.717, 1.165) is 18.6 Å². The number of fused-ring (bicyclic) bond motifs is 1. The zero-order valence-electron chi connectivity index (χ0n) is 26.6. The zero-order chi connectivity index (χ0) is 32.9. The summed E-state index contributed by atoms with van der Waals surface area (Å²) in [5.41, 5.74) is 4.48. The SMILES string of the molecule is CCC(C)(C)c1ccc(OCCCC(=O)Nc2ccc(Cl)c(NC(=O)Cn3nnc4cc(Cl)c(Cl)cc43)c2)c(C(C)(C)CC)c1. The molecule has 0 unspecified atom stereocenters. The van der Waals surface area contributed by atoms with Gasteiger partial charge in [-0.1, -0.05) is 93.7 Å². The van der Waals surface area contributed by atoms with E-state index in [-0.39, 0.29) is 35.6 Å². The first kappa shape index (κ1) is 34.5. The van der Waals surface area contributed by atoms with Gasteiger partial charge < -0.3 is 15.4 Å². The molecule has 0 aliphatic heterocycles. The number of rotatable bonds is 13. The number of halogens is 3. The minimum atomic E-state index is -0.382. The molecule has 1 aromatic heterocycles. The van der Waals surface area contributed by atoms with Crippen molar-refractivity contribution in [2.45, 2.75) is 84.6 Å². The van der Waals surface area contributed by atoms with Gasteiger partial charge in [-0.25, -0.2) is 4.68 Å². The Morgan fingerprint density at radius 1 is 0.844 bits per heavy atom. The number of carbonyl (C=O) groups excluding carboxylic acids is 2. The standard InChI is InChI=1S/C34H40Cl3N5O3/c1-7-33(3,4)21-11-14-30(23(16-21)34(5,6)8-2)45-15-9-10-31(43)38-22-12-13-24(35)27(17-22)39-32(44)20-42-29-19-26(37)25(36)18-28(29)40-41-42/h11-14,16-19H,7-10,15,20H2,1-6H3,(H,38,43)(H,39,44). The molecule has 4 aromatic rings. The molecule has 0 saturated heterocycles. The summed E-state index contributed by atoms with van der Waals surface area (Å²) in [6, 6.07) is 14.6. The number of anilines is 2. The molecule has 0 bridgehead atoms. The molecule has 0 saturated carbocycles. The molecule has 2 N–H and O–H groups in total. The molecule has 11 heteroatoms. The highest BCUT2D eigenvalue weighted by molar-refractivity contribution is 6.42. The van der Waals surface area contributed by atoms with Crippen molar-refractivity contribution < 1.29 is 14.3 Å². The van der Waals surface area contributed by atoms with E-state index in [1.807, 2.05) is 0 Å². The van der Waals surface area contributed by atoms with Crippen molar-refractivity contribution >= 4 is 69.0 Å². The summed E-state index contributed by atoms with van der Waals surface area (Å²) in [5, 5.41) is 14.7. The Hall–Kier alpha value is -3.33. The fourth-order valence-corrected chi connectivity index (χ4v) is 5.22. The van der Waals surface area contributed by atoms with Crippen LogP contribution in [0.3, 0.4) is 0 Å². The average molecular weight is 673 g/mol. The minimum absolute atomic E-state index is 0.0423. The summed E-state index contributed by atoms with van der Waals surface area (Å²) in [6.07, 6.45) is 2.83. The Balaban J connectivity index is 1.33. The van der Waals surface area contributed by atoms with E-state index in [1.54, 1.807) is 30.3 Å². The van der Waals surface area contributed by atoms with Gasteiger partial charge in [-0.3, -0.25) is 9.59 Å². The summed E-state index contributed by atoms with van der Waals surface area (Å²) in [7, 11) is 0. The van der Waals surface area contributed by atoms with Gasteiger partial charge in [0.05, 0.1) is 32.9 Å². The highest BCUT2D eigenvalue weighted by atomic mass is 35.5. The molecule has 0 fully saturated rings. The summed E-state index contributed by atoms with van der Waals surface area (Å²) >= 11 is 18.5. The first-order chi connectivity index (χ1) is 21.2. The second kappa shape index (κ2) is 14.4. The van der Waals surface area contributed by atoms with E-state index in [9.17, 15) is 9.59 Å². The van der Waals surface area contributed by atoms with Gasteiger partial charge in [-0.05, 0) is 72.1 Å². The van der Waals surface area contributed by atoms with Crippen LogP contribution >= 0.6 is 34.8 Å². The van der Waals surface area contributed by atoms with Gasteiger partial charge >= 0.3 is 0 Å². The predicted molar refractivity (Wildman–Crippen MR) is 184 cm³/mol. The van der Waals surface area contributed by atoms with Crippen LogP contribution < -0.4 is 15.4 Å². The Kier molecular flexibility index (Phi) is 11.1. The molecular weight excluding hydrogens is 633 g/mol. The van der Waals surface area contributed by atoms with Crippen LogP contribution in [0.5, 0.6) is 5.75 Å². The molecule has 4 rings (SSSR count). The third-order valence-electron chi connectivity index (χ3n) is 8.44. The molecule has 8 nitrogen and oxygen atoms in total. The molecule has 0 aliphatic carbocycles. The fraction of sp³-hybridized carbons (Fsp3) is 0.412. The normalized spacial score (nSPS) is 11.9. The van der Waals surface area contributed by atoms with Crippen molar-refractivity contribution in [3.63, 3.8) is 0 Å². The van der Waals surface area contributed by atoms with Gasteiger partial charge in [-0.2, -0.15) is 0 Å². The highest BCUT2D eigenvalue weighted by Crippen LogP contribution is 2.38. The second-order valence-electron chi connectivity index (χ2n) is 12.4. The van der Waals surface area contributed by atoms with Crippen LogP contribution in [0.1, 0.15) is 78.4 Å². The molecule has 0 spiro atoms. The van der Waals surface area contributed by atoms with Crippen LogP contribution in [0.4, 0.5) is 11.4 Å². The van der Waals surface area contributed by atoms with Gasteiger partial charge in [0.25, 0.3) is 0 Å². The van der Waals surface area contributed by atoms with Crippen LogP contribution in [0, 0.1) is 0 Å². The lowest BCUT2D eigenvalue weighted by Crippen LogP contribution is -2.21.